The summed E-state index contributed by atoms with van der Waals surface area (Å²) in [7, 11) is 3.17. The predicted octanol–water partition coefficient (Wildman–Crippen LogP) is 3.08. The van der Waals surface area contributed by atoms with Crippen LogP contribution in [0.15, 0.2) is 48.5 Å². The number of nitrogens with two attached hydrogens (primary N) is 1. The fourth-order valence-corrected chi connectivity index (χ4v) is 2.47. The lowest BCUT2D eigenvalue weighted by Gasteiger charge is -2.20. The highest BCUT2D eigenvalue weighted by Gasteiger charge is 2.21. The Labute approximate surface area is 154 Å². The highest BCUT2D eigenvalue weighted by molar-refractivity contribution is 5.85. The van der Waals surface area contributed by atoms with E-state index in [1.54, 1.807) is 14.2 Å². The molecular weight excluding hydrogens is 340 g/mol. The zero-order valence-electron chi connectivity index (χ0n) is 14.7. The summed E-state index contributed by atoms with van der Waals surface area (Å²) in [4.78, 5) is 12.4. The minimum Gasteiger partial charge on any atom is -0.493 e. The molecule has 2 atom stereocenters. The van der Waals surface area contributed by atoms with Gasteiger partial charge in [-0.2, -0.15) is 0 Å². The molecule has 2 unspecified atom stereocenters. The van der Waals surface area contributed by atoms with Gasteiger partial charge in [-0.15, -0.1) is 12.4 Å². The molecule has 0 fully saturated rings. The van der Waals surface area contributed by atoms with Crippen LogP contribution in [0.4, 0.5) is 0 Å². The van der Waals surface area contributed by atoms with Gasteiger partial charge in [-0.1, -0.05) is 43.3 Å². The van der Waals surface area contributed by atoms with E-state index in [0.29, 0.717) is 18.0 Å². The Balaban J connectivity index is 0.00000312. The van der Waals surface area contributed by atoms with Crippen molar-refractivity contribution in [2.45, 2.75) is 19.5 Å². The van der Waals surface area contributed by atoms with Crippen molar-refractivity contribution in [3.8, 4) is 11.5 Å². The number of hydrogen-bond acceptors (Lipinski definition) is 4. The smallest absolute Gasteiger partial charge is 0.225 e. The third-order valence-corrected chi connectivity index (χ3v) is 4.05. The minimum absolute atomic E-state index is 0. The monoisotopic (exact) mass is 364 g/mol. The van der Waals surface area contributed by atoms with Crippen molar-refractivity contribution in [2.24, 2.45) is 11.7 Å². The molecule has 2 rings (SSSR count). The van der Waals surface area contributed by atoms with Crippen LogP contribution >= 0.6 is 12.4 Å². The SMILES string of the molecule is COc1ccc(CNC(=O)C(C)C(N)c2ccccc2)cc1OC.Cl. The molecule has 5 nitrogen and oxygen atoms in total. The Hall–Kier alpha value is -2.24. The van der Waals surface area contributed by atoms with E-state index in [1.165, 1.54) is 0 Å². The lowest BCUT2D eigenvalue weighted by molar-refractivity contribution is -0.125. The van der Waals surface area contributed by atoms with Crippen molar-refractivity contribution < 1.29 is 14.3 Å². The van der Waals surface area contributed by atoms with Crippen LogP contribution in [0, 0.1) is 5.92 Å². The van der Waals surface area contributed by atoms with E-state index >= 15 is 0 Å². The standard InChI is InChI=1S/C19H24N2O3.ClH/c1-13(18(20)15-7-5-4-6-8-15)19(22)21-12-14-9-10-16(23-2)17(11-14)24-3;/h4-11,13,18H,12,20H2,1-3H3,(H,21,22);1H. The third kappa shape index (κ3) is 5.37. The lowest BCUT2D eigenvalue weighted by atomic mass is 9.94. The van der Waals surface area contributed by atoms with Gasteiger partial charge in [0.25, 0.3) is 0 Å². The molecular formula is C19H25ClN2O3. The van der Waals surface area contributed by atoms with Crippen molar-refractivity contribution >= 4 is 18.3 Å². The van der Waals surface area contributed by atoms with Gasteiger partial charge in [-0.05, 0) is 23.3 Å². The van der Waals surface area contributed by atoms with Crippen LogP contribution in [0.1, 0.15) is 24.1 Å². The van der Waals surface area contributed by atoms with Crippen molar-refractivity contribution in [1.29, 1.82) is 0 Å². The number of carbonyl (C=O) groups is 1. The summed E-state index contributed by atoms with van der Waals surface area (Å²) in [6, 6.07) is 14.9. The van der Waals surface area contributed by atoms with E-state index < -0.39 is 0 Å². The van der Waals surface area contributed by atoms with Crippen molar-refractivity contribution in [3.63, 3.8) is 0 Å². The Morgan fingerprint density at radius 2 is 1.72 bits per heavy atom. The summed E-state index contributed by atoms with van der Waals surface area (Å²) in [6.45, 7) is 2.24. The largest absolute Gasteiger partial charge is 0.493 e. The van der Waals surface area contributed by atoms with Crippen LogP contribution in [-0.2, 0) is 11.3 Å². The maximum atomic E-state index is 12.4. The molecule has 2 aromatic carbocycles. The molecule has 0 bridgehead atoms. The van der Waals surface area contributed by atoms with Gasteiger partial charge in [0.05, 0.1) is 20.1 Å². The molecule has 1 amide bonds. The minimum atomic E-state index is -0.336. The van der Waals surface area contributed by atoms with E-state index in [4.69, 9.17) is 15.2 Å². The van der Waals surface area contributed by atoms with E-state index in [0.717, 1.165) is 11.1 Å². The van der Waals surface area contributed by atoms with Gasteiger partial charge in [-0.25, -0.2) is 0 Å². The summed E-state index contributed by atoms with van der Waals surface area (Å²) >= 11 is 0. The molecule has 0 saturated carbocycles. The van der Waals surface area contributed by atoms with Crippen LogP contribution in [0.2, 0.25) is 0 Å². The number of nitrogens with one attached hydrogen (secondary N) is 1. The van der Waals surface area contributed by atoms with Crippen LogP contribution in [0.5, 0.6) is 11.5 Å². The second kappa shape index (κ2) is 9.91. The zero-order chi connectivity index (χ0) is 17.5. The second-order valence-electron chi connectivity index (χ2n) is 5.63. The van der Waals surface area contributed by atoms with Gasteiger partial charge in [0.15, 0.2) is 11.5 Å². The Kier molecular flexibility index (Phi) is 8.25. The predicted molar refractivity (Wildman–Crippen MR) is 101 cm³/mol. The van der Waals surface area contributed by atoms with Crippen LogP contribution in [0.3, 0.4) is 0 Å². The highest BCUT2D eigenvalue weighted by Crippen LogP contribution is 2.27. The molecule has 0 radical (unpaired) electrons. The van der Waals surface area contributed by atoms with Gasteiger partial charge < -0.3 is 20.5 Å². The third-order valence-electron chi connectivity index (χ3n) is 4.05. The van der Waals surface area contributed by atoms with Crippen LogP contribution in [-0.4, -0.2) is 20.1 Å². The molecule has 0 aromatic heterocycles. The molecule has 0 saturated heterocycles. The molecule has 0 aliphatic carbocycles. The molecule has 25 heavy (non-hydrogen) atoms. The molecule has 0 spiro atoms. The first-order valence-corrected chi connectivity index (χ1v) is 7.86. The van der Waals surface area contributed by atoms with Gasteiger partial charge in [0, 0.05) is 12.6 Å². The lowest BCUT2D eigenvalue weighted by Crippen LogP contribution is -2.35. The normalized spacial score (nSPS) is 12.5. The number of amides is 1. The van der Waals surface area contributed by atoms with E-state index in [2.05, 4.69) is 5.32 Å². The maximum Gasteiger partial charge on any atom is 0.225 e. The highest BCUT2D eigenvalue weighted by atomic mass is 35.5. The van der Waals surface area contributed by atoms with E-state index in [-0.39, 0.29) is 30.3 Å². The first kappa shape index (κ1) is 20.8. The van der Waals surface area contributed by atoms with Crippen LogP contribution < -0.4 is 20.5 Å². The summed E-state index contributed by atoms with van der Waals surface area (Å²) in [5.41, 5.74) is 8.08. The number of benzene rings is 2. The quantitative estimate of drug-likeness (QED) is 0.791. The van der Waals surface area contributed by atoms with Gasteiger partial charge in [0.2, 0.25) is 5.91 Å². The first-order chi connectivity index (χ1) is 11.6. The number of hydrogen-bond donors (Lipinski definition) is 2. The van der Waals surface area contributed by atoms with Crippen molar-refractivity contribution in [2.75, 3.05) is 14.2 Å². The summed E-state index contributed by atoms with van der Waals surface area (Å²) in [5, 5.41) is 2.92. The topological polar surface area (TPSA) is 73.6 Å². The van der Waals surface area contributed by atoms with Crippen LogP contribution in [0.25, 0.3) is 0 Å². The fraction of sp³-hybridized carbons (Fsp3) is 0.316. The number of methoxy groups -OCH3 is 2. The average molecular weight is 365 g/mol. The van der Waals surface area contributed by atoms with Crippen molar-refractivity contribution in [3.05, 3.63) is 59.7 Å². The molecule has 136 valence electrons. The summed E-state index contributed by atoms with van der Waals surface area (Å²) in [5.74, 6) is 0.888. The number of ether oxygens (including phenoxy) is 2. The summed E-state index contributed by atoms with van der Waals surface area (Å²) < 4.78 is 10.5. The first-order valence-electron chi connectivity index (χ1n) is 7.86. The zero-order valence-corrected chi connectivity index (χ0v) is 15.5. The van der Waals surface area contributed by atoms with E-state index in [1.807, 2.05) is 55.5 Å². The van der Waals surface area contributed by atoms with Gasteiger partial charge in [0.1, 0.15) is 0 Å². The van der Waals surface area contributed by atoms with Gasteiger partial charge >= 0.3 is 0 Å². The number of halogens is 1. The Morgan fingerprint density at radius 1 is 1.08 bits per heavy atom. The fourth-order valence-electron chi connectivity index (χ4n) is 2.47. The number of rotatable bonds is 7. The average Bonchev–Trinajstić information content (AvgIpc) is 2.65. The molecule has 0 aliphatic heterocycles. The molecule has 0 aliphatic rings. The Morgan fingerprint density at radius 3 is 2.32 bits per heavy atom. The number of carbonyl (C=O) groups excluding carboxylic acids is 1. The van der Waals surface area contributed by atoms with Gasteiger partial charge in [-0.3, -0.25) is 4.79 Å². The van der Waals surface area contributed by atoms with Crippen molar-refractivity contribution in [1.82, 2.24) is 5.32 Å². The molecule has 3 N–H and O–H groups in total. The molecule has 2 aromatic rings. The Bertz CT molecular complexity index is 680. The molecule has 0 heterocycles. The van der Waals surface area contributed by atoms with E-state index in [9.17, 15) is 4.79 Å². The molecule has 6 heteroatoms. The maximum absolute atomic E-state index is 12.4. The second-order valence-corrected chi connectivity index (χ2v) is 5.63. The summed E-state index contributed by atoms with van der Waals surface area (Å²) in [6.07, 6.45) is 0.